The second kappa shape index (κ2) is 8.61. The van der Waals surface area contributed by atoms with Crippen molar-refractivity contribution >= 4 is 34.0 Å². The van der Waals surface area contributed by atoms with Gasteiger partial charge in [0, 0.05) is 30.5 Å². The van der Waals surface area contributed by atoms with Crippen LogP contribution in [-0.4, -0.2) is 28.6 Å². The molecule has 2 aromatic rings. The van der Waals surface area contributed by atoms with Gasteiger partial charge in [-0.05, 0) is 37.0 Å². The molecule has 1 aliphatic rings. The molecule has 27 heavy (non-hydrogen) atoms. The van der Waals surface area contributed by atoms with Crippen molar-refractivity contribution < 1.29 is 9.59 Å². The highest BCUT2D eigenvalue weighted by Crippen LogP contribution is 2.34. The van der Waals surface area contributed by atoms with E-state index in [0.717, 1.165) is 30.0 Å². The molecule has 0 unspecified atom stereocenters. The fourth-order valence-corrected chi connectivity index (χ4v) is 4.19. The number of anilines is 2. The molecule has 0 bridgehead atoms. The molecule has 0 spiro atoms. The summed E-state index contributed by atoms with van der Waals surface area (Å²) in [7, 11) is 0. The molecule has 0 aliphatic carbocycles. The summed E-state index contributed by atoms with van der Waals surface area (Å²) in [6.45, 7) is 6.72. The van der Waals surface area contributed by atoms with E-state index in [1.165, 1.54) is 16.9 Å². The zero-order valence-corrected chi connectivity index (χ0v) is 16.9. The fraction of sp³-hybridized carbons (Fsp3) is 0.500. The number of amides is 2. The smallest absolute Gasteiger partial charge is 0.229 e. The van der Waals surface area contributed by atoms with E-state index in [0.29, 0.717) is 18.1 Å². The summed E-state index contributed by atoms with van der Waals surface area (Å²) in [6.07, 6.45) is 3.01. The summed E-state index contributed by atoms with van der Waals surface area (Å²) in [6, 6.07) is 8.12. The molecule has 2 amide bonds. The van der Waals surface area contributed by atoms with Gasteiger partial charge < -0.3 is 10.2 Å². The molecule has 144 valence electrons. The molecule has 1 atom stereocenters. The summed E-state index contributed by atoms with van der Waals surface area (Å²) in [5.41, 5.74) is 2.18. The van der Waals surface area contributed by atoms with Crippen molar-refractivity contribution in [2.24, 2.45) is 5.92 Å². The zero-order valence-electron chi connectivity index (χ0n) is 16.1. The van der Waals surface area contributed by atoms with Crippen LogP contribution in [0.25, 0.3) is 0 Å². The second-order valence-corrected chi connectivity index (χ2v) is 7.88. The van der Waals surface area contributed by atoms with Crippen molar-refractivity contribution in [2.75, 3.05) is 16.8 Å². The summed E-state index contributed by atoms with van der Waals surface area (Å²) in [5.74, 6) is 0.0940. The van der Waals surface area contributed by atoms with Crippen LogP contribution in [0.5, 0.6) is 0 Å². The molecule has 1 N–H and O–H groups in total. The number of carbonyl (C=O) groups is 2. The predicted octanol–water partition coefficient (Wildman–Crippen LogP) is 4.00. The van der Waals surface area contributed by atoms with Gasteiger partial charge in [0.05, 0.1) is 0 Å². The van der Waals surface area contributed by atoms with E-state index in [-0.39, 0.29) is 23.7 Å². The number of aryl methyl sites for hydroxylation is 1. The van der Waals surface area contributed by atoms with Crippen molar-refractivity contribution in [1.82, 2.24) is 10.2 Å². The number of carbonyl (C=O) groups excluding carboxylic acids is 2. The van der Waals surface area contributed by atoms with Gasteiger partial charge in [-0.15, -0.1) is 10.2 Å². The molecule has 3 rings (SSSR count). The van der Waals surface area contributed by atoms with Gasteiger partial charge in [-0.2, -0.15) is 0 Å². The average molecular weight is 387 g/mol. The highest BCUT2D eigenvalue weighted by Gasteiger charge is 2.34. The van der Waals surface area contributed by atoms with E-state index in [4.69, 9.17) is 0 Å². The summed E-state index contributed by atoms with van der Waals surface area (Å²) in [4.78, 5) is 26.5. The van der Waals surface area contributed by atoms with E-state index >= 15 is 0 Å². The highest BCUT2D eigenvalue weighted by atomic mass is 32.1. The Morgan fingerprint density at radius 1 is 1.22 bits per heavy atom. The molecule has 2 heterocycles. The van der Waals surface area contributed by atoms with Gasteiger partial charge in [-0.25, -0.2) is 0 Å². The van der Waals surface area contributed by atoms with Gasteiger partial charge >= 0.3 is 0 Å². The topological polar surface area (TPSA) is 75.2 Å². The van der Waals surface area contributed by atoms with Crippen LogP contribution in [0.2, 0.25) is 0 Å². The van der Waals surface area contributed by atoms with Crippen LogP contribution in [0.1, 0.15) is 56.5 Å². The van der Waals surface area contributed by atoms with Crippen LogP contribution in [0, 0.1) is 5.92 Å². The lowest BCUT2D eigenvalue weighted by Crippen LogP contribution is -2.24. The Balaban J connectivity index is 1.66. The van der Waals surface area contributed by atoms with Crippen LogP contribution >= 0.6 is 11.3 Å². The average Bonchev–Trinajstić information content (AvgIpc) is 3.29. The first-order chi connectivity index (χ1) is 13.0. The van der Waals surface area contributed by atoms with Gasteiger partial charge in [-0.3, -0.25) is 9.59 Å². The van der Waals surface area contributed by atoms with Crippen molar-refractivity contribution in [3.63, 3.8) is 0 Å². The van der Waals surface area contributed by atoms with E-state index in [1.54, 1.807) is 0 Å². The first-order valence-electron chi connectivity index (χ1n) is 9.59. The fourth-order valence-electron chi connectivity index (χ4n) is 3.35. The number of nitrogens with zero attached hydrogens (tertiary/aromatic N) is 3. The molecule has 1 aromatic carbocycles. The molecule has 0 saturated carbocycles. The van der Waals surface area contributed by atoms with Gasteiger partial charge in [-0.1, -0.05) is 44.2 Å². The second-order valence-electron chi connectivity index (χ2n) is 6.87. The van der Waals surface area contributed by atoms with Crippen molar-refractivity contribution in [3.05, 3.63) is 34.8 Å². The lowest BCUT2D eigenvalue weighted by Gasteiger charge is -2.16. The van der Waals surface area contributed by atoms with Crippen molar-refractivity contribution in [3.8, 4) is 0 Å². The summed E-state index contributed by atoms with van der Waals surface area (Å²) >= 11 is 1.37. The van der Waals surface area contributed by atoms with Crippen LogP contribution in [0.3, 0.4) is 0 Å². The summed E-state index contributed by atoms with van der Waals surface area (Å²) < 4.78 is 0. The molecular weight excluding hydrogens is 360 g/mol. The van der Waals surface area contributed by atoms with E-state index < -0.39 is 0 Å². The monoisotopic (exact) mass is 386 g/mol. The maximum Gasteiger partial charge on any atom is 0.229 e. The predicted molar refractivity (Wildman–Crippen MR) is 108 cm³/mol. The third-order valence-corrected chi connectivity index (χ3v) is 6.16. The quantitative estimate of drug-likeness (QED) is 0.780. The number of hydrogen-bond donors (Lipinski definition) is 1. The first kappa shape index (κ1) is 19.5. The number of aromatic nitrogens is 2. The molecule has 1 aliphatic heterocycles. The Morgan fingerprint density at radius 3 is 2.56 bits per heavy atom. The van der Waals surface area contributed by atoms with Gasteiger partial charge in [0.1, 0.15) is 5.01 Å². The summed E-state index contributed by atoms with van der Waals surface area (Å²) in [5, 5.41) is 12.5. The van der Waals surface area contributed by atoms with E-state index in [9.17, 15) is 9.59 Å². The molecule has 1 aromatic heterocycles. The van der Waals surface area contributed by atoms with Gasteiger partial charge in [0.2, 0.25) is 16.9 Å². The largest absolute Gasteiger partial charge is 0.312 e. The van der Waals surface area contributed by atoms with Crippen molar-refractivity contribution in [2.45, 2.75) is 52.4 Å². The zero-order chi connectivity index (χ0) is 19.4. The lowest BCUT2D eigenvalue weighted by molar-refractivity contribution is -0.120. The van der Waals surface area contributed by atoms with Gasteiger partial charge in [0.25, 0.3) is 0 Å². The molecule has 1 saturated heterocycles. The minimum Gasteiger partial charge on any atom is -0.312 e. The normalized spacial score (nSPS) is 17.0. The van der Waals surface area contributed by atoms with Crippen LogP contribution < -0.4 is 10.2 Å². The maximum atomic E-state index is 12.5. The van der Waals surface area contributed by atoms with E-state index in [2.05, 4.69) is 34.6 Å². The third kappa shape index (κ3) is 4.35. The Bertz CT molecular complexity index is 799. The van der Waals surface area contributed by atoms with E-state index in [1.807, 2.05) is 30.9 Å². The molecular formula is C20H26N4O2S. The lowest BCUT2D eigenvalue weighted by atomic mass is 10.0. The molecule has 7 heteroatoms. The minimum absolute atomic E-state index is 0.00741. The third-order valence-electron chi connectivity index (χ3n) is 5.16. The number of benzene rings is 1. The first-order valence-corrected chi connectivity index (χ1v) is 10.4. The molecule has 0 radical (unpaired) electrons. The standard InChI is InChI=1S/C20H26N4O2S/c1-4-13-7-9-16(10-8-13)24-12-15(11-17(24)25)19-22-23-20(27-19)21-18(26)14(5-2)6-3/h7-10,14-15H,4-6,11-12H2,1-3H3,(H,21,23,26)/t15-/m0/s1. The van der Waals surface area contributed by atoms with Crippen molar-refractivity contribution in [1.29, 1.82) is 0 Å². The highest BCUT2D eigenvalue weighted by molar-refractivity contribution is 7.15. The Labute approximate surface area is 164 Å². The van der Waals surface area contributed by atoms with Crippen LogP contribution in [0.15, 0.2) is 24.3 Å². The number of rotatable bonds is 7. The minimum atomic E-state index is -0.0113. The SMILES string of the molecule is CCc1ccc(N2C[C@@H](c3nnc(NC(=O)C(CC)CC)s3)CC2=O)cc1. The Morgan fingerprint density at radius 2 is 1.93 bits per heavy atom. The van der Waals surface area contributed by atoms with Gasteiger partial charge in [0.15, 0.2) is 0 Å². The number of hydrogen-bond acceptors (Lipinski definition) is 5. The van der Waals surface area contributed by atoms with Crippen LogP contribution in [-0.2, 0) is 16.0 Å². The Kier molecular flexibility index (Phi) is 6.21. The Hall–Kier alpha value is -2.28. The maximum absolute atomic E-state index is 12.5. The number of nitrogens with one attached hydrogen (secondary N) is 1. The molecule has 1 fully saturated rings. The molecule has 6 nitrogen and oxygen atoms in total. The van der Waals surface area contributed by atoms with Crippen LogP contribution in [0.4, 0.5) is 10.8 Å².